The molecule has 0 spiro atoms. The number of sulfonamides is 1. The fourth-order valence-corrected chi connectivity index (χ4v) is 5.12. The number of primary sulfonamides is 1. The molecule has 1 saturated heterocycles. The summed E-state index contributed by atoms with van der Waals surface area (Å²) >= 11 is 7.38. The zero-order chi connectivity index (χ0) is 18.3. The smallest absolute Gasteiger partial charge is 0.239 e. The van der Waals surface area contributed by atoms with Gasteiger partial charge in [0.05, 0.1) is 10.8 Å². The third kappa shape index (κ3) is 4.61. The van der Waals surface area contributed by atoms with Gasteiger partial charge in [0.15, 0.2) is 10.9 Å². The molecule has 6 nitrogen and oxygen atoms in total. The number of thioether (sulfide) groups is 1. The Morgan fingerprint density at radius 1 is 1.36 bits per heavy atom. The number of halogens is 2. The van der Waals surface area contributed by atoms with Crippen molar-refractivity contribution in [2.75, 3.05) is 5.75 Å². The molecule has 1 aromatic rings. The number of amidine groups is 1. The van der Waals surface area contributed by atoms with Crippen molar-refractivity contribution in [2.24, 2.45) is 10.1 Å². The zero-order valence-corrected chi connectivity index (χ0v) is 17.6. The van der Waals surface area contributed by atoms with E-state index in [4.69, 9.17) is 16.7 Å². The minimum atomic E-state index is -3.98. The van der Waals surface area contributed by atoms with Gasteiger partial charge in [0.2, 0.25) is 10.0 Å². The summed E-state index contributed by atoms with van der Waals surface area (Å²) in [7, 11) is -3.98. The predicted molar refractivity (Wildman–Crippen MR) is 106 cm³/mol. The normalized spacial score (nSPS) is 22.8. The molecule has 1 unspecified atom stereocenters. The molecule has 0 aliphatic carbocycles. The van der Waals surface area contributed by atoms with Crippen LogP contribution in [0.3, 0.4) is 0 Å². The summed E-state index contributed by atoms with van der Waals surface area (Å²) in [6, 6.07) is 4.45. The molecule has 0 radical (unpaired) electrons. The van der Waals surface area contributed by atoms with Crippen LogP contribution in [0.5, 0.6) is 0 Å². The molecule has 1 atom stereocenters. The summed E-state index contributed by atoms with van der Waals surface area (Å²) in [6.07, 6.45) is 0. The number of aliphatic imine (C=N–C) groups is 1. The molecule has 10 heteroatoms. The number of benzene rings is 1. The lowest BCUT2D eigenvalue weighted by Gasteiger charge is -2.38. The first kappa shape index (κ1) is 22.5. The van der Waals surface area contributed by atoms with Gasteiger partial charge in [-0.2, -0.15) is 0 Å². The molecule has 1 aliphatic heterocycles. The fourth-order valence-electron chi connectivity index (χ4n) is 2.62. The number of hydrogen-bond donors (Lipinski definition) is 2. The monoisotopic (exact) mass is 427 g/mol. The van der Waals surface area contributed by atoms with Gasteiger partial charge in [-0.3, -0.25) is 4.99 Å². The standard InChI is InChI=1S/C15H22ClN3O3S2.ClH/c1-9(2)18-14-19(10(3)4)15(20,8-23-14)11-5-6-12(16)13(7-11)24(17,21)22;/h5-7,9-10,20H,8H2,1-4H3,(H2,17,21,22);1H. The summed E-state index contributed by atoms with van der Waals surface area (Å²) < 4.78 is 23.4. The topological polar surface area (TPSA) is 96.0 Å². The van der Waals surface area contributed by atoms with Crippen LogP contribution in [0.25, 0.3) is 0 Å². The van der Waals surface area contributed by atoms with Crippen molar-refractivity contribution < 1.29 is 13.5 Å². The van der Waals surface area contributed by atoms with E-state index in [1.807, 2.05) is 27.7 Å². The first-order valence-electron chi connectivity index (χ1n) is 7.52. The van der Waals surface area contributed by atoms with Gasteiger partial charge < -0.3 is 10.0 Å². The van der Waals surface area contributed by atoms with E-state index < -0.39 is 15.7 Å². The Labute approximate surface area is 164 Å². The maximum absolute atomic E-state index is 11.7. The number of hydrogen-bond acceptors (Lipinski definition) is 5. The lowest BCUT2D eigenvalue weighted by Crippen LogP contribution is -2.48. The minimum Gasteiger partial charge on any atom is -0.366 e. The lowest BCUT2D eigenvalue weighted by atomic mass is 10.0. The fraction of sp³-hybridized carbons (Fsp3) is 0.533. The minimum absolute atomic E-state index is 0. The van der Waals surface area contributed by atoms with Crippen molar-refractivity contribution in [2.45, 2.75) is 50.4 Å². The van der Waals surface area contributed by atoms with Crippen molar-refractivity contribution >= 4 is 51.0 Å². The van der Waals surface area contributed by atoms with Gasteiger partial charge in [0, 0.05) is 17.6 Å². The van der Waals surface area contributed by atoms with E-state index in [1.165, 1.54) is 23.9 Å². The molecule has 1 aliphatic rings. The highest BCUT2D eigenvalue weighted by Crippen LogP contribution is 2.41. The number of aliphatic hydroxyl groups is 1. The Morgan fingerprint density at radius 3 is 2.44 bits per heavy atom. The Kier molecular flexibility index (Phi) is 7.23. The Morgan fingerprint density at radius 2 is 1.96 bits per heavy atom. The molecule has 3 N–H and O–H groups in total. The Balaban J connectivity index is 0.00000312. The molecule has 2 rings (SSSR count). The van der Waals surface area contributed by atoms with Gasteiger partial charge in [-0.15, -0.1) is 12.4 Å². The molecule has 25 heavy (non-hydrogen) atoms. The molecule has 1 aromatic carbocycles. The van der Waals surface area contributed by atoms with Crippen molar-refractivity contribution in [3.05, 3.63) is 28.8 Å². The average Bonchev–Trinajstić information content (AvgIpc) is 2.75. The van der Waals surface area contributed by atoms with Crippen LogP contribution < -0.4 is 5.14 Å². The quantitative estimate of drug-likeness (QED) is 0.769. The van der Waals surface area contributed by atoms with E-state index in [-0.39, 0.29) is 34.4 Å². The van der Waals surface area contributed by atoms with Gasteiger partial charge in [0.1, 0.15) is 4.90 Å². The molecule has 1 heterocycles. The first-order valence-corrected chi connectivity index (χ1v) is 10.4. The van der Waals surface area contributed by atoms with E-state index in [9.17, 15) is 13.5 Å². The maximum Gasteiger partial charge on any atom is 0.239 e. The number of rotatable bonds is 4. The van der Waals surface area contributed by atoms with Crippen LogP contribution >= 0.6 is 35.8 Å². The molecule has 0 amide bonds. The highest BCUT2D eigenvalue weighted by molar-refractivity contribution is 8.14. The van der Waals surface area contributed by atoms with Crippen LogP contribution in [0.1, 0.15) is 33.3 Å². The first-order chi connectivity index (χ1) is 11.0. The molecular formula is C15H23Cl2N3O3S2. The number of nitrogens with two attached hydrogens (primary N) is 1. The van der Waals surface area contributed by atoms with Gasteiger partial charge in [-0.25, -0.2) is 13.6 Å². The lowest BCUT2D eigenvalue weighted by molar-refractivity contribution is -0.0618. The van der Waals surface area contributed by atoms with E-state index in [2.05, 4.69) is 4.99 Å². The summed E-state index contributed by atoms with van der Waals surface area (Å²) in [4.78, 5) is 6.17. The zero-order valence-electron chi connectivity index (χ0n) is 14.4. The second-order valence-electron chi connectivity index (χ2n) is 6.26. The molecule has 0 saturated carbocycles. The van der Waals surface area contributed by atoms with E-state index >= 15 is 0 Å². The number of nitrogens with zero attached hydrogens (tertiary/aromatic N) is 2. The molecule has 0 aromatic heterocycles. The summed E-state index contributed by atoms with van der Waals surface area (Å²) in [5.74, 6) is 0.336. The van der Waals surface area contributed by atoms with Crippen LogP contribution in [0.4, 0.5) is 0 Å². The largest absolute Gasteiger partial charge is 0.366 e. The van der Waals surface area contributed by atoms with Crippen molar-refractivity contribution in [1.29, 1.82) is 0 Å². The Bertz CT molecular complexity index is 769. The SMILES string of the molecule is CC(C)N=C1SCC(O)(c2ccc(Cl)c(S(N)(=O)=O)c2)N1C(C)C.Cl. The second-order valence-corrected chi connectivity index (χ2v) is 9.14. The summed E-state index contributed by atoms with van der Waals surface area (Å²) in [6.45, 7) is 7.82. The van der Waals surface area contributed by atoms with E-state index in [0.29, 0.717) is 11.3 Å². The van der Waals surface area contributed by atoms with E-state index in [1.54, 1.807) is 11.0 Å². The van der Waals surface area contributed by atoms with Crippen LogP contribution in [-0.4, -0.2) is 41.4 Å². The molecule has 0 bridgehead atoms. The van der Waals surface area contributed by atoms with Gasteiger partial charge in [0.25, 0.3) is 0 Å². The highest BCUT2D eigenvalue weighted by atomic mass is 35.5. The predicted octanol–water partition coefficient (Wildman–Crippen LogP) is 2.78. The van der Waals surface area contributed by atoms with Crippen LogP contribution in [0, 0.1) is 0 Å². The van der Waals surface area contributed by atoms with Crippen molar-refractivity contribution in [1.82, 2.24) is 4.90 Å². The van der Waals surface area contributed by atoms with Gasteiger partial charge in [-0.05, 0) is 39.8 Å². The molecule has 142 valence electrons. The molecule has 1 fully saturated rings. The van der Waals surface area contributed by atoms with Crippen LogP contribution in [0.2, 0.25) is 5.02 Å². The van der Waals surface area contributed by atoms with Crippen molar-refractivity contribution in [3.8, 4) is 0 Å². The van der Waals surface area contributed by atoms with Crippen molar-refractivity contribution in [3.63, 3.8) is 0 Å². The summed E-state index contributed by atoms with van der Waals surface area (Å²) in [5.41, 5.74) is -0.956. The van der Waals surface area contributed by atoms with Gasteiger partial charge >= 0.3 is 0 Å². The molecular weight excluding hydrogens is 405 g/mol. The maximum atomic E-state index is 11.7. The van der Waals surface area contributed by atoms with E-state index in [0.717, 1.165) is 5.17 Å². The van der Waals surface area contributed by atoms with Gasteiger partial charge in [-0.1, -0.05) is 29.4 Å². The van der Waals surface area contributed by atoms with Crippen LogP contribution in [-0.2, 0) is 15.7 Å². The average molecular weight is 428 g/mol. The third-order valence-electron chi connectivity index (χ3n) is 3.59. The van der Waals surface area contributed by atoms with Crippen LogP contribution in [0.15, 0.2) is 28.1 Å². The third-order valence-corrected chi connectivity index (χ3v) is 6.09. The highest BCUT2D eigenvalue weighted by Gasteiger charge is 2.46. The summed E-state index contributed by atoms with van der Waals surface area (Å²) in [5, 5.41) is 17.3. The Hall–Kier alpha value is -0.510. The second kappa shape index (κ2) is 8.02.